The Hall–Kier alpha value is -2.72. The second-order valence-corrected chi connectivity index (χ2v) is 6.21. The number of hydrogen-bond acceptors (Lipinski definition) is 3. The third-order valence-electron chi connectivity index (χ3n) is 4.53. The number of benzene rings is 1. The van der Waals surface area contributed by atoms with E-state index in [9.17, 15) is 9.59 Å². The van der Waals surface area contributed by atoms with Gasteiger partial charge in [-0.1, -0.05) is 37.8 Å². The number of rotatable bonds is 8. The highest BCUT2D eigenvalue weighted by Gasteiger charge is 2.51. The van der Waals surface area contributed by atoms with Gasteiger partial charge < -0.3 is 4.74 Å². The molecule has 1 unspecified atom stereocenters. The molecule has 0 N–H and O–H groups in total. The minimum atomic E-state index is -0.970. The largest absolute Gasteiger partial charge is 0.481 e. The molecule has 2 rings (SSSR count). The van der Waals surface area contributed by atoms with E-state index in [0.29, 0.717) is 12.3 Å². The van der Waals surface area contributed by atoms with Crippen LogP contribution in [-0.2, 0) is 15.0 Å². The zero-order chi connectivity index (χ0) is 18.3. The Morgan fingerprint density at radius 1 is 1.16 bits per heavy atom. The van der Waals surface area contributed by atoms with E-state index in [2.05, 4.69) is 18.8 Å². The third kappa shape index (κ3) is 3.86. The summed E-state index contributed by atoms with van der Waals surface area (Å²) in [6.45, 7) is 2.72. The lowest BCUT2D eigenvalue weighted by Gasteiger charge is -2.25. The van der Waals surface area contributed by atoms with Gasteiger partial charge in [0, 0.05) is 19.4 Å². The zero-order valence-electron chi connectivity index (χ0n) is 14.6. The van der Waals surface area contributed by atoms with E-state index in [1.165, 1.54) is 4.90 Å². The molecule has 130 valence electrons. The van der Waals surface area contributed by atoms with Crippen molar-refractivity contribution in [2.75, 3.05) is 13.2 Å². The fourth-order valence-electron chi connectivity index (χ4n) is 3.18. The van der Waals surface area contributed by atoms with Crippen LogP contribution in [0.3, 0.4) is 0 Å². The Morgan fingerprint density at radius 2 is 1.88 bits per heavy atom. The van der Waals surface area contributed by atoms with Crippen LogP contribution < -0.4 is 4.74 Å². The standard InChI is InChI=1S/C21H23NO3/c1-4-7-8-14-22-19(23)16-21(13-5-2,20(22)24)17-9-11-18(12-10-17)25-15-6-3/h2-3,9-12H,4,7-8,13-16H2,1H3. The van der Waals surface area contributed by atoms with Gasteiger partial charge in [0.15, 0.2) is 0 Å². The van der Waals surface area contributed by atoms with Crippen LogP contribution in [0.15, 0.2) is 24.3 Å². The molecular formula is C21H23NO3. The highest BCUT2D eigenvalue weighted by atomic mass is 16.5. The topological polar surface area (TPSA) is 46.6 Å². The van der Waals surface area contributed by atoms with Crippen molar-refractivity contribution in [3.05, 3.63) is 29.8 Å². The highest BCUT2D eigenvalue weighted by Crippen LogP contribution is 2.40. The summed E-state index contributed by atoms with van der Waals surface area (Å²) in [5, 5.41) is 0. The SMILES string of the molecule is C#CCOc1ccc(C2(CC#C)CC(=O)N(CCCCC)C2=O)cc1. The van der Waals surface area contributed by atoms with Gasteiger partial charge in [-0.3, -0.25) is 14.5 Å². The number of amides is 2. The molecule has 1 heterocycles. The summed E-state index contributed by atoms with van der Waals surface area (Å²) in [5.41, 5.74) is -0.224. The number of hydrogen-bond donors (Lipinski definition) is 0. The van der Waals surface area contributed by atoms with Crippen molar-refractivity contribution < 1.29 is 14.3 Å². The fraction of sp³-hybridized carbons (Fsp3) is 0.429. The van der Waals surface area contributed by atoms with Gasteiger partial charge in [0.05, 0.1) is 5.41 Å². The molecule has 4 nitrogen and oxygen atoms in total. The number of imide groups is 1. The van der Waals surface area contributed by atoms with E-state index in [4.69, 9.17) is 17.6 Å². The van der Waals surface area contributed by atoms with Gasteiger partial charge in [-0.25, -0.2) is 0 Å². The number of terminal acetylenes is 2. The molecule has 4 heteroatoms. The first kappa shape index (κ1) is 18.6. The molecule has 0 saturated carbocycles. The second kappa shape index (κ2) is 8.40. The number of carbonyl (C=O) groups excluding carboxylic acids is 2. The molecule has 1 fully saturated rings. The molecule has 0 radical (unpaired) electrons. The lowest BCUT2D eigenvalue weighted by molar-refractivity contribution is -0.139. The van der Waals surface area contributed by atoms with Gasteiger partial charge in [0.25, 0.3) is 0 Å². The van der Waals surface area contributed by atoms with E-state index in [1.807, 2.05) is 0 Å². The Bertz CT molecular complexity index is 708. The van der Waals surface area contributed by atoms with E-state index in [0.717, 1.165) is 24.8 Å². The van der Waals surface area contributed by atoms with Crippen molar-refractivity contribution in [2.45, 2.75) is 44.4 Å². The maximum atomic E-state index is 13.0. The molecule has 0 bridgehead atoms. The van der Waals surface area contributed by atoms with Crippen molar-refractivity contribution >= 4 is 11.8 Å². The molecule has 0 aromatic heterocycles. The molecule has 2 amide bonds. The number of likely N-dealkylation sites (tertiary alicyclic amines) is 1. The summed E-state index contributed by atoms with van der Waals surface area (Å²) < 4.78 is 5.36. The molecule has 0 aliphatic carbocycles. The lowest BCUT2D eigenvalue weighted by Crippen LogP contribution is -2.38. The minimum Gasteiger partial charge on any atom is -0.481 e. The summed E-state index contributed by atoms with van der Waals surface area (Å²) in [6, 6.07) is 7.10. The predicted molar refractivity (Wildman–Crippen MR) is 96.8 cm³/mol. The van der Waals surface area contributed by atoms with Gasteiger partial charge in [0.1, 0.15) is 12.4 Å². The first-order chi connectivity index (χ1) is 12.1. The van der Waals surface area contributed by atoms with Crippen LogP contribution >= 0.6 is 0 Å². The molecule has 1 saturated heterocycles. The average molecular weight is 337 g/mol. The van der Waals surface area contributed by atoms with Crippen LogP contribution in [0, 0.1) is 24.7 Å². The Balaban J connectivity index is 2.27. The van der Waals surface area contributed by atoms with Crippen LogP contribution in [0.1, 0.15) is 44.6 Å². The number of nitrogens with zero attached hydrogens (tertiary/aromatic N) is 1. The molecule has 1 aliphatic heterocycles. The lowest BCUT2D eigenvalue weighted by atomic mass is 9.76. The smallest absolute Gasteiger partial charge is 0.241 e. The second-order valence-electron chi connectivity index (χ2n) is 6.21. The first-order valence-electron chi connectivity index (χ1n) is 8.54. The van der Waals surface area contributed by atoms with E-state index in [-0.39, 0.29) is 31.3 Å². The van der Waals surface area contributed by atoms with Crippen molar-refractivity contribution in [2.24, 2.45) is 0 Å². The highest BCUT2D eigenvalue weighted by molar-refractivity contribution is 6.09. The van der Waals surface area contributed by atoms with Gasteiger partial charge in [-0.2, -0.15) is 0 Å². The summed E-state index contributed by atoms with van der Waals surface area (Å²) in [5.74, 6) is 5.26. The number of unbranched alkanes of at least 4 members (excludes halogenated alkanes) is 2. The number of carbonyl (C=O) groups is 2. The summed E-state index contributed by atoms with van der Waals surface area (Å²) in [6.07, 6.45) is 13.9. The quantitative estimate of drug-likeness (QED) is 0.416. The van der Waals surface area contributed by atoms with Gasteiger partial charge in [-0.15, -0.1) is 18.8 Å². The molecule has 0 spiro atoms. The van der Waals surface area contributed by atoms with Crippen molar-refractivity contribution in [1.82, 2.24) is 4.90 Å². The first-order valence-corrected chi connectivity index (χ1v) is 8.54. The van der Waals surface area contributed by atoms with E-state index >= 15 is 0 Å². The van der Waals surface area contributed by atoms with Crippen LogP contribution in [0.25, 0.3) is 0 Å². The fourth-order valence-corrected chi connectivity index (χ4v) is 3.18. The maximum Gasteiger partial charge on any atom is 0.241 e. The van der Waals surface area contributed by atoms with Gasteiger partial charge >= 0.3 is 0 Å². The molecule has 1 atom stereocenters. The molecule has 1 aromatic rings. The van der Waals surface area contributed by atoms with Crippen molar-refractivity contribution in [3.63, 3.8) is 0 Å². The van der Waals surface area contributed by atoms with Crippen molar-refractivity contribution in [1.29, 1.82) is 0 Å². The third-order valence-corrected chi connectivity index (χ3v) is 4.53. The maximum absolute atomic E-state index is 13.0. The zero-order valence-corrected chi connectivity index (χ0v) is 14.6. The Labute approximate surface area is 149 Å². The van der Waals surface area contributed by atoms with Gasteiger partial charge in [-0.05, 0) is 24.1 Å². The Kier molecular flexibility index (Phi) is 6.25. The van der Waals surface area contributed by atoms with Crippen LogP contribution in [0.4, 0.5) is 0 Å². The summed E-state index contributed by atoms with van der Waals surface area (Å²) in [7, 11) is 0. The summed E-state index contributed by atoms with van der Waals surface area (Å²) >= 11 is 0. The molecule has 1 aliphatic rings. The average Bonchev–Trinajstić information content (AvgIpc) is 2.86. The van der Waals surface area contributed by atoms with Gasteiger partial charge in [0.2, 0.25) is 11.8 Å². The normalized spacial score (nSPS) is 19.6. The summed E-state index contributed by atoms with van der Waals surface area (Å²) in [4.78, 5) is 26.8. The predicted octanol–water partition coefficient (Wildman–Crippen LogP) is 2.91. The van der Waals surface area contributed by atoms with Crippen LogP contribution in [0.5, 0.6) is 5.75 Å². The van der Waals surface area contributed by atoms with Crippen molar-refractivity contribution in [3.8, 4) is 30.4 Å². The van der Waals surface area contributed by atoms with Crippen LogP contribution in [-0.4, -0.2) is 29.9 Å². The van der Waals surface area contributed by atoms with E-state index in [1.54, 1.807) is 24.3 Å². The molecule has 1 aromatic carbocycles. The Morgan fingerprint density at radius 3 is 2.48 bits per heavy atom. The molecule has 25 heavy (non-hydrogen) atoms. The van der Waals surface area contributed by atoms with E-state index < -0.39 is 5.41 Å². The molecular weight excluding hydrogens is 314 g/mol. The number of ether oxygens (including phenoxy) is 1. The minimum absolute atomic E-state index is 0.118. The van der Waals surface area contributed by atoms with Crippen LogP contribution in [0.2, 0.25) is 0 Å². The monoisotopic (exact) mass is 337 g/mol.